The third kappa shape index (κ3) is 3.60. The highest BCUT2D eigenvalue weighted by molar-refractivity contribution is 5.78. The molecule has 0 bridgehead atoms. The Morgan fingerprint density at radius 3 is 2.74 bits per heavy atom. The van der Waals surface area contributed by atoms with E-state index in [1.807, 2.05) is 7.05 Å². The fourth-order valence-corrected chi connectivity index (χ4v) is 2.56. The predicted octanol–water partition coefficient (Wildman–Crippen LogP) is 4.97. The van der Waals surface area contributed by atoms with Crippen LogP contribution < -0.4 is 5.32 Å². The van der Waals surface area contributed by atoms with Gasteiger partial charge in [-0.25, -0.2) is 0 Å². The molecule has 0 saturated carbocycles. The van der Waals surface area contributed by atoms with Crippen LogP contribution in [0.4, 0.5) is 0 Å². The van der Waals surface area contributed by atoms with E-state index in [9.17, 15) is 0 Å². The monoisotopic (exact) mass is 259 g/mol. The quantitative estimate of drug-likeness (QED) is 0.710. The first-order valence-electron chi connectivity index (χ1n) is 7.42. The van der Waals surface area contributed by atoms with Crippen LogP contribution in [0.5, 0.6) is 0 Å². The summed E-state index contributed by atoms with van der Waals surface area (Å²) in [5.74, 6) is 1.07. The highest BCUT2D eigenvalue weighted by Crippen LogP contribution is 2.27. The first-order valence-corrected chi connectivity index (χ1v) is 7.42. The number of fused-ring (bicyclic) bond motifs is 1. The Morgan fingerprint density at radius 2 is 2.00 bits per heavy atom. The van der Waals surface area contributed by atoms with E-state index in [-0.39, 0.29) is 0 Å². The van der Waals surface area contributed by atoms with Gasteiger partial charge in [0.2, 0.25) is 0 Å². The van der Waals surface area contributed by atoms with Crippen LogP contribution in [0.2, 0.25) is 0 Å². The first-order chi connectivity index (χ1) is 9.24. The summed E-state index contributed by atoms with van der Waals surface area (Å²) < 4.78 is 5.97. The van der Waals surface area contributed by atoms with Gasteiger partial charge in [0.15, 0.2) is 0 Å². The van der Waals surface area contributed by atoms with Crippen LogP contribution >= 0.6 is 0 Å². The molecular formula is C17H25NO. The van der Waals surface area contributed by atoms with Crippen molar-refractivity contribution in [1.29, 1.82) is 0 Å². The molecule has 0 fully saturated rings. The third-order valence-electron chi connectivity index (χ3n) is 3.73. The van der Waals surface area contributed by atoms with Gasteiger partial charge in [0.05, 0.1) is 6.04 Å². The van der Waals surface area contributed by atoms with Gasteiger partial charge < -0.3 is 9.73 Å². The summed E-state index contributed by atoms with van der Waals surface area (Å²) in [5.41, 5.74) is 2.28. The van der Waals surface area contributed by atoms with Crippen molar-refractivity contribution < 1.29 is 4.42 Å². The zero-order valence-electron chi connectivity index (χ0n) is 12.3. The summed E-state index contributed by atoms with van der Waals surface area (Å²) in [6.45, 7) is 4.36. The smallest absolute Gasteiger partial charge is 0.134 e. The highest BCUT2D eigenvalue weighted by atomic mass is 16.3. The predicted molar refractivity (Wildman–Crippen MR) is 81.5 cm³/mol. The lowest BCUT2D eigenvalue weighted by atomic mass is 10.1. The van der Waals surface area contributed by atoms with Crippen molar-refractivity contribution in [1.82, 2.24) is 5.32 Å². The van der Waals surface area contributed by atoms with Gasteiger partial charge in [0, 0.05) is 5.39 Å². The van der Waals surface area contributed by atoms with Crippen LogP contribution in [0.3, 0.4) is 0 Å². The van der Waals surface area contributed by atoms with Crippen molar-refractivity contribution in [2.75, 3.05) is 7.05 Å². The van der Waals surface area contributed by atoms with E-state index in [4.69, 9.17) is 4.42 Å². The van der Waals surface area contributed by atoms with Crippen molar-refractivity contribution in [2.45, 2.75) is 52.0 Å². The van der Waals surface area contributed by atoms with Crippen LogP contribution in [-0.2, 0) is 0 Å². The molecule has 0 aliphatic rings. The summed E-state index contributed by atoms with van der Waals surface area (Å²) in [6.07, 6.45) is 6.34. The molecular weight excluding hydrogens is 234 g/mol. The molecule has 19 heavy (non-hydrogen) atoms. The molecule has 1 N–H and O–H groups in total. The standard InChI is InChI=1S/C17H25NO/c1-4-5-6-7-8-15(18-3)17-12-14-11-13(2)9-10-16(14)19-17/h9-12,15,18H,4-8H2,1-3H3. The van der Waals surface area contributed by atoms with Crippen molar-refractivity contribution in [2.24, 2.45) is 0 Å². The summed E-state index contributed by atoms with van der Waals surface area (Å²) in [6, 6.07) is 8.88. The van der Waals surface area contributed by atoms with Crippen LogP contribution in [0.15, 0.2) is 28.7 Å². The fraction of sp³-hybridized carbons (Fsp3) is 0.529. The maximum Gasteiger partial charge on any atom is 0.134 e. The second-order valence-corrected chi connectivity index (χ2v) is 5.38. The Kier molecular flexibility index (Phi) is 5.03. The zero-order valence-corrected chi connectivity index (χ0v) is 12.3. The lowest BCUT2D eigenvalue weighted by molar-refractivity contribution is 0.418. The molecule has 1 heterocycles. The molecule has 1 aromatic heterocycles. The Bertz CT molecular complexity index is 515. The highest BCUT2D eigenvalue weighted by Gasteiger charge is 2.14. The lowest BCUT2D eigenvalue weighted by Crippen LogP contribution is -2.15. The second kappa shape index (κ2) is 6.76. The molecule has 0 amide bonds. The van der Waals surface area contributed by atoms with Crippen molar-refractivity contribution >= 4 is 11.0 Å². The topological polar surface area (TPSA) is 25.2 Å². The van der Waals surface area contributed by atoms with Crippen LogP contribution in [0, 0.1) is 6.92 Å². The number of nitrogens with one attached hydrogen (secondary N) is 1. The van der Waals surface area contributed by atoms with Gasteiger partial charge >= 0.3 is 0 Å². The summed E-state index contributed by atoms with van der Waals surface area (Å²) in [5, 5.41) is 4.59. The van der Waals surface area contributed by atoms with E-state index in [1.165, 1.54) is 36.6 Å². The van der Waals surface area contributed by atoms with E-state index in [0.717, 1.165) is 17.8 Å². The van der Waals surface area contributed by atoms with Gasteiger partial charge in [-0.2, -0.15) is 0 Å². The van der Waals surface area contributed by atoms with Gasteiger partial charge in [-0.1, -0.05) is 44.2 Å². The van der Waals surface area contributed by atoms with E-state index >= 15 is 0 Å². The van der Waals surface area contributed by atoms with Gasteiger partial charge in [0.25, 0.3) is 0 Å². The van der Waals surface area contributed by atoms with E-state index in [1.54, 1.807) is 0 Å². The number of furan rings is 1. The average molecular weight is 259 g/mol. The molecule has 1 unspecified atom stereocenters. The molecule has 2 nitrogen and oxygen atoms in total. The Morgan fingerprint density at radius 1 is 1.16 bits per heavy atom. The first kappa shape index (κ1) is 14.1. The molecule has 1 atom stereocenters. The SMILES string of the molecule is CCCCCCC(NC)c1cc2cc(C)ccc2o1. The summed E-state index contributed by atoms with van der Waals surface area (Å²) in [7, 11) is 2.02. The summed E-state index contributed by atoms with van der Waals surface area (Å²) in [4.78, 5) is 0. The maximum atomic E-state index is 5.97. The molecule has 2 aromatic rings. The largest absolute Gasteiger partial charge is 0.459 e. The van der Waals surface area contributed by atoms with Crippen LogP contribution in [0.1, 0.15) is 56.4 Å². The molecule has 0 aliphatic carbocycles. The maximum absolute atomic E-state index is 5.97. The molecule has 2 heteroatoms. The normalized spacial score (nSPS) is 13.0. The van der Waals surface area contributed by atoms with E-state index in [2.05, 4.69) is 43.4 Å². The number of hydrogen-bond acceptors (Lipinski definition) is 2. The number of unbranched alkanes of at least 4 members (excludes halogenated alkanes) is 3. The minimum Gasteiger partial charge on any atom is -0.459 e. The summed E-state index contributed by atoms with van der Waals surface area (Å²) >= 11 is 0. The molecule has 0 radical (unpaired) electrons. The van der Waals surface area contributed by atoms with E-state index < -0.39 is 0 Å². The van der Waals surface area contributed by atoms with Crippen LogP contribution in [-0.4, -0.2) is 7.05 Å². The number of aryl methyl sites for hydroxylation is 1. The van der Waals surface area contributed by atoms with Crippen molar-refractivity contribution in [3.05, 3.63) is 35.6 Å². The average Bonchev–Trinajstić information content (AvgIpc) is 2.81. The molecule has 1 aromatic carbocycles. The zero-order chi connectivity index (χ0) is 13.7. The van der Waals surface area contributed by atoms with Gasteiger partial charge in [-0.3, -0.25) is 0 Å². The number of benzene rings is 1. The minimum absolute atomic E-state index is 0.338. The molecule has 0 aliphatic heterocycles. The molecule has 2 rings (SSSR count). The third-order valence-corrected chi connectivity index (χ3v) is 3.73. The lowest BCUT2D eigenvalue weighted by Gasteiger charge is -2.12. The molecule has 0 spiro atoms. The van der Waals surface area contributed by atoms with Crippen LogP contribution in [0.25, 0.3) is 11.0 Å². The second-order valence-electron chi connectivity index (χ2n) is 5.38. The number of rotatable bonds is 7. The van der Waals surface area contributed by atoms with Gasteiger partial charge in [-0.05, 0) is 38.6 Å². The Hall–Kier alpha value is -1.28. The van der Waals surface area contributed by atoms with Crippen molar-refractivity contribution in [3.8, 4) is 0 Å². The molecule has 0 saturated heterocycles. The van der Waals surface area contributed by atoms with Gasteiger partial charge in [-0.15, -0.1) is 0 Å². The minimum atomic E-state index is 0.338. The van der Waals surface area contributed by atoms with Crippen molar-refractivity contribution in [3.63, 3.8) is 0 Å². The molecule has 104 valence electrons. The van der Waals surface area contributed by atoms with Gasteiger partial charge in [0.1, 0.15) is 11.3 Å². The Labute approximate surface area is 116 Å². The van der Waals surface area contributed by atoms with E-state index in [0.29, 0.717) is 6.04 Å². The number of hydrogen-bond donors (Lipinski definition) is 1. The Balaban J connectivity index is 2.07. The fourth-order valence-electron chi connectivity index (χ4n) is 2.56.